The lowest BCUT2D eigenvalue weighted by Crippen LogP contribution is -2.42. The van der Waals surface area contributed by atoms with Crippen LogP contribution in [0, 0.1) is 0 Å². The van der Waals surface area contributed by atoms with Crippen LogP contribution < -0.4 is 11.2 Å². The lowest BCUT2D eigenvalue weighted by molar-refractivity contribution is 0.0701. The molecule has 1 fully saturated rings. The quantitative estimate of drug-likeness (QED) is 0.720. The number of nitrogens with one attached hydrogen (secondary N) is 2. The Hall–Kier alpha value is -1.90. The van der Waals surface area contributed by atoms with Gasteiger partial charge in [-0.15, -0.1) is 0 Å². The molecule has 9 heteroatoms. The predicted octanol–water partition coefficient (Wildman–Crippen LogP) is -1.29. The number of hydrogen-bond donors (Lipinski definition) is 2. The maximum atomic E-state index is 12.3. The Labute approximate surface area is 114 Å². The van der Waals surface area contributed by atoms with E-state index in [2.05, 4.69) is 4.98 Å². The van der Waals surface area contributed by atoms with Crippen LogP contribution in [0.25, 0.3) is 0 Å². The van der Waals surface area contributed by atoms with Crippen molar-refractivity contribution in [3.63, 3.8) is 0 Å². The third-order valence-corrected chi connectivity index (χ3v) is 4.99. The molecule has 20 heavy (non-hydrogen) atoms. The third kappa shape index (κ3) is 2.98. The van der Waals surface area contributed by atoms with Crippen LogP contribution >= 0.6 is 0 Å². The summed E-state index contributed by atoms with van der Waals surface area (Å²) < 4.78 is 23.0. The number of carbonyl (C=O) groups is 1. The molecule has 0 aliphatic carbocycles. The number of rotatable bonds is 3. The molecule has 1 aliphatic heterocycles. The Morgan fingerprint density at radius 3 is 2.60 bits per heavy atom. The summed E-state index contributed by atoms with van der Waals surface area (Å²) >= 11 is 0. The van der Waals surface area contributed by atoms with E-state index < -0.39 is 33.0 Å². The Balaban J connectivity index is 2.30. The first-order chi connectivity index (χ1) is 9.32. The smallest absolute Gasteiger partial charge is 0.326 e. The van der Waals surface area contributed by atoms with Gasteiger partial charge in [0.2, 0.25) is 0 Å². The normalized spacial score (nSPS) is 20.8. The zero-order chi connectivity index (χ0) is 14.9. The highest BCUT2D eigenvalue weighted by atomic mass is 32.2. The summed E-state index contributed by atoms with van der Waals surface area (Å²) in [5.74, 6) is -0.578. The Bertz CT molecular complexity index is 705. The van der Waals surface area contributed by atoms with E-state index in [0.29, 0.717) is 13.0 Å². The van der Waals surface area contributed by atoms with Gasteiger partial charge in [-0.1, -0.05) is 0 Å². The van der Waals surface area contributed by atoms with E-state index in [1.807, 2.05) is 4.98 Å². The molecule has 1 aromatic heterocycles. The number of nitrogens with zero attached hydrogens (tertiary/aromatic N) is 1. The molecule has 0 radical (unpaired) electrons. The second-order valence-corrected chi connectivity index (χ2v) is 6.88. The third-order valence-electron chi connectivity index (χ3n) is 3.24. The van der Waals surface area contributed by atoms with Gasteiger partial charge in [-0.25, -0.2) is 13.2 Å². The molecule has 2 heterocycles. The minimum absolute atomic E-state index is 0.0489. The molecule has 1 aliphatic rings. The van der Waals surface area contributed by atoms with Crippen molar-refractivity contribution in [1.82, 2.24) is 14.9 Å². The fraction of sp³-hybridized carbons (Fsp3) is 0.545. The van der Waals surface area contributed by atoms with Gasteiger partial charge in [0.1, 0.15) is 5.69 Å². The van der Waals surface area contributed by atoms with Crippen molar-refractivity contribution in [3.05, 3.63) is 32.6 Å². The predicted molar refractivity (Wildman–Crippen MR) is 71.5 cm³/mol. The van der Waals surface area contributed by atoms with Crippen molar-refractivity contribution < 1.29 is 13.2 Å². The summed E-state index contributed by atoms with van der Waals surface area (Å²) in [7, 11) is -3.12. The lowest BCUT2D eigenvalue weighted by atomic mass is 10.2. The fourth-order valence-corrected chi connectivity index (χ4v) is 4.06. The van der Waals surface area contributed by atoms with Crippen molar-refractivity contribution >= 4 is 15.7 Å². The summed E-state index contributed by atoms with van der Waals surface area (Å²) in [5.41, 5.74) is -1.58. The van der Waals surface area contributed by atoms with Gasteiger partial charge in [0.15, 0.2) is 9.84 Å². The molecule has 1 aromatic rings. The first-order valence-electron chi connectivity index (χ1n) is 6.17. The Morgan fingerprint density at radius 2 is 2.10 bits per heavy atom. The number of carbonyl (C=O) groups excluding carboxylic acids is 1. The number of amides is 1. The molecule has 0 saturated carbocycles. The molecular formula is C11H15N3O5S. The van der Waals surface area contributed by atoms with Gasteiger partial charge >= 0.3 is 5.69 Å². The maximum Gasteiger partial charge on any atom is 0.326 e. The van der Waals surface area contributed by atoms with Gasteiger partial charge < -0.3 is 9.88 Å². The monoisotopic (exact) mass is 301 g/mol. The topological polar surface area (TPSA) is 120 Å². The first-order valence-corrected chi connectivity index (χ1v) is 7.99. The van der Waals surface area contributed by atoms with Gasteiger partial charge in [-0.05, 0) is 13.3 Å². The van der Waals surface area contributed by atoms with Gasteiger partial charge in [-0.2, -0.15) is 0 Å². The van der Waals surface area contributed by atoms with E-state index in [1.54, 1.807) is 6.92 Å². The highest BCUT2D eigenvalue weighted by molar-refractivity contribution is 7.91. The van der Waals surface area contributed by atoms with Crippen molar-refractivity contribution in [2.75, 3.05) is 18.1 Å². The maximum absolute atomic E-state index is 12.3. The van der Waals surface area contributed by atoms with Gasteiger partial charge in [0.05, 0.1) is 11.5 Å². The van der Waals surface area contributed by atoms with Crippen LogP contribution in [0.15, 0.2) is 15.7 Å². The SMILES string of the molecule is CCN(C(=O)c1cc(=O)[nH]c(=O)[nH]1)C1CCS(=O)(=O)C1. The Morgan fingerprint density at radius 1 is 1.40 bits per heavy atom. The molecule has 1 saturated heterocycles. The number of hydrogen-bond acceptors (Lipinski definition) is 5. The van der Waals surface area contributed by atoms with Crippen molar-refractivity contribution in [2.45, 2.75) is 19.4 Å². The largest absolute Gasteiger partial charge is 0.334 e. The summed E-state index contributed by atoms with van der Waals surface area (Å²) in [6.07, 6.45) is 0.370. The van der Waals surface area contributed by atoms with Crippen molar-refractivity contribution in [1.29, 1.82) is 0 Å². The molecular weight excluding hydrogens is 286 g/mol. The van der Waals surface area contributed by atoms with E-state index >= 15 is 0 Å². The molecule has 0 spiro atoms. The van der Waals surface area contributed by atoms with E-state index in [9.17, 15) is 22.8 Å². The van der Waals surface area contributed by atoms with E-state index in [-0.39, 0.29) is 17.2 Å². The molecule has 2 N–H and O–H groups in total. The average molecular weight is 301 g/mol. The first kappa shape index (κ1) is 14.5. The molecule has 0 aromatic carbocycles. The standard InChI is InChI=1S/C11H15N3O5S/c1-2-14(7-3-4-20(18,19)6-7)10(16)8-5-9(15)13-11(17)12-8/h5,7H,2-4,6H2,1H3,(H2,12,13,15,17). The van der Waals surface area contributed by atoms with Gasteiger partial charge in [0, 0.05) is 18.7 Å². The number of aromatic nitrogens is 2. The average Bonchev–Trinajstić information content (AvgIpc) is 2.69. The molecule has 1 amide bonds. The van der Waals surface area contributed by atoms with Crippen LogP contribution in [0.3, 0.4) is 0 Å². The zero-order valence-electron chi connectivity index (χ0n) is 10.9. The van der Waals surface area contributed by atoms with Crippen LogP contribution in [0.1, 0.15) is 23.8 Å². The molecule has 8 nitrogen and oxygen atoms in total. The van der Waals surface area contributed by atoms with Crippen LogP contribution in [0.5, 0.6) is 0 Å². The minimum Gasteiger partial charge on any atom is -0.334 e. The lowest BCUT2D eigenvalue weighted by Gasteiger charge is -2.26. The fourth-order valence-electron chi connectivity index (χ4n) is 2.33. The number of aromatic amines is 2. The molecule has 2 rings (SSSR count). The zero-order valence-corrected chi connectivity index (χ0v) is 11.7. The summed E-state index contributed by atoms with van der Waals surface area (Å²) in [6.45, 7) is 2.02. The summed E-state index contributed by atoms with van der Waals surface area (Å²) in [6, 6.07) is 0.579. The van der Waals surface area contributed by atoms with Gasteiger partial charge in [0.25, 0.3) is 11.5 Å². The van der Waals surface area contributed by atoms with Crippen LogP contribution in [-0.4, -0.2) is 53.3 Å². The van der Waals surface area contributed by atoms with E-state index in [4.69, 9.17) is 0 Å². The van der Waals surface area contributed by atoms with E-state index in [1.165, 1.54) is 4.90 Å². The van der Waals surface area contributed by atoms with Gasteiger partial charge in [-0.3, -0.25) is 14.6 Å². The number of H-pyrrole nitrogens is 2. The second kappa shape index (κ2) is 5.23. The molecule has 110 valence electrons. The molecule has 0 bridgehead atoms. The van der Waals surface area contributed by atoms with Crippen molar-refractivity contribution in [3.8, 4) is 0 Å². The van der Waals surface area contributed by atoms with Crippen LogP contribution in [0.2, 0.25) is 0 Å². The van der Waals surface area contributed by atoms with E-state index in [0.717, 1.165) is 6.07 Å². The Kier molecular flexibility index (Phi) is 3.80. The van der Waals surface area contributed by atoms with Crippen LogP contribution in [-0.2, 0) is 9.84 Å². The highest BCUT2D eigenvalue weighted by Gasteiger charge is 2.34. The summed E-state index contributed by atoms with van der Waals surface area (Å²) in [5, 5.41) is 0. The minimum atomic E-state index is -3.12. The molecule has 1 atom stereocenters. The molecule has 1 unspecified atom stereocenters. The number of sulfone groups is 1. The van der Waals surface area contributed by atoms with Crippen molar-refractivity contribution in [2.24, 2.45) is 0 Å². The second-order valence-electron chi connectivity index (χ2n) is 4.65. The highest BCUT2D eigenvalue weighted by Crippen LogP contribution is 2.18. The van der Waals surface area contributed by atoms with Crippen LogP contribution in [0.4, 0.5) is 0 Å². The summed E-state index contributed by atoms with van der Waals surface area (Å²) in [4.78, 5) is 40.3.